The lowest BCUT2D eigenvalue weighted by molar-refractivity contribution is 0.391. The van der Waals surface area contributed by atoms with E-state index < -0.39 is 0 Å². The summed E-state index contributed by atoms with van der Waals surface area (Å²) in [5.74, 6) is 0. The van der Waals surface area contributed by atoms with Crippen LogP contribution >= 0.6 is 11.6 Å². The molecule has 0 radical (unpaired) electrons. The van der Waals surface area contributed by atoms with Crippen LogP contribution in [0.1, 0.15) is 31.2 Å². The number of benzene rings is 2. The van der Waals surface area contributed by atoms with Gasteiger partial charge in [0.1, 0.15) is 0 Å². The van der Waals surface area contributed by atoms with Crippen molar-refractivity contribution in [2.24, 2.45) is 5.73 Å². The fourth-order valence-corrected chi connectivity index (χ4v) is 5.00. The Kier molecular flexibility index (Phi) is 5.81. The summed E-state index contributed by atoms with van der Waals surface area (Å²) in [6.45, 7) is 2.16. The van der Waals surface area contributed by atoms with E-state index in [2.05, 4.69) is 64.3 Å². The van der Waals surface area contributed by atoms with Gasteiger partial charge in [-0.25, -0.2) is 0 Å². The van der Waals surface area contributed by atoms with E-state index in [-0.39, 0.29) is 0 Å². The highest BCUT2D eigenvalue weighted by Gasteiger charge is 2.27. The topological polar surface area (TPSA) is 55.0 Å². The number of nitrogens with zero attached hydrogens (tertiary/aromatic N) is 3. The Balaban J connectivity index is 1.68. The van der Waals surface area contributed by atoms with Crippen molar-refractivity contribution in [3.05, 3.63) is 83.8 Å². The number of rotatable bonds is 4. The number of aromatic nitrogens is 2. The monoisotopic (exact) mass is 442 g/mol. The molecule has 1 fully saturated rings. The molecule has 2 aromatic heterocycles. The molecule has 2 aromatic carbocycles. The van der Waals surface area contributed by atoms with Gasteiger partial charge in [-0.05, 0) is 97.8 Å². The van der Waals surface area contributed by atoms with Crippen molar-refractivity contribution >= 4 is 33.9 Å². The highest BCUT2D eigenvalue weighted by atomic mass is 35.5. The van der Waals surface area contributed by atoms with Crippen molar-refractivity contribution in [2.75, 3.05) is 4.90 Å². The van der Waals surface area contributed by atoms with Crippen LogP contribution in [0.5, 0.6) is 0 Å². The number of halogens is 1. The van der Waals surface area contributed by atoms with Gasteiger partial charge < -0.3 is 10.6 Å². The maximum atomic E-state index is 6.27. The van der Waals surface area contributed by atoms with Gasteiger partial charge in [-0.1, -0.05) is 17.7 Å². The zero-order chi connectivity index (χ0) is 22.1. The Bertz CT molecular complexity index is 1230. The predicted octanol–water partition coefficient (Wildman–Crippen LogP) is 6.67. The summed E-state index contributed by atoms with van der Waals surface area (Å²) in [5.41, 5.74) is 13.1. The molecule has 32 heavy (non-hydrogen) atoms. The molecule has 0 bridgehead atoms. The molecule has 0 amide bonds. The summed E-state index contributed by atoms with van der Waals surface area (Å²) in [6.07, 6.45) is 9.79. The molecule has 2 N–H and O–H groups in total. The summed E-state index contributed by atoms with van der Waals surface area (Å²) in [6, 6.07) is 19.7. The van der Waals surface area contributed by atoms with E-state index in [0.717, 1.165) is 36.6 Å². The molecule has 1 aliphatic rings. The maximum Gasteiger partial charge on any atom is 0.0737 e. The third kappa shape index (κ3) is 4.21. The predicted molar refractivity (Wildman–Crippen MR) is 134 cm³/mol. The van der Waals surface area contributed by atoms with Gasteiger partial charge in [0, 0.05) is 46.8 Å². The molecule has 0 unspecified atom stereocenters. The summed E-state index contributed by atoms with van der Waals surface area (Å²) in [5, 5.41) is 1.81. The second-order valence-electron chi connectivity index (χ2n) is 8.72. The van der Waals surface area contributed by atoms with Crippen molar-refractivity contribution in [3.8, 4) is 11.1 Å². The molecule has 1 saturated carbocycles. The number of nitrogens with two attached hydrogens (primary N) is 1. The third-order valence-electron chi connectivity index (χ3n) is 6.40. The Hall–Kier alpha value is -2.95. The van der Waals surface area contributed by atoms with Crippen LogP contribution in [-0.4, -0.2) is 22.1 Å². The minimum atomic E-state index is 0.297. The van der Waals surface area contributed by atoms with Crippen molar-refractivity contribution in [1.29, 1.82) is 0 Å². The maximum absolute atomic E-state index is 6.27. The molecule has 0 atom stereocenters. The van der Waals surface area contributed by atoms with Gasteiger partial charge in [0.25, 0.3) is 0 Å². The van der Waals surface area contributed by atoms with Crippen LogP contribution in [0.4, 0.5) is 11.4 Å². The van der Waals surface area contributed by atoms with E-state index in [1.807, 2.05) is 30.7 Å². The zero-order valence-corrected chi connectivity index (χ0v) is 19.0. The Labute approximate surface area is 194 Å². The molecule has 1 aliphatic carbocycles. The molecule has 5 rings (SSSR count). The minimum Gasteiger partial charge on any atom is -0.338 e. The molecule has 162 valence electrons. The van der Waals surface area contributed by atoms with Gasteiger partial charge in [0.2, 0.25) is 0 Å². The lowest BCUT2D eigenvalue weighted by Crippen LogP contribution is -2.38. The molecular formula is C27H27ClN4. The molecule has 4 nitrogen and oxygen atoms in total. The SMILES string of the molecule is Cc1cc(-c2ccncc2)cc(N(c2ccnc3cc(Cl)ccc23)C2CCC(N)CC2)c1. The van der Waals surface area contributed by atoms with E-state index in [9.17, 15) is 0 Å². The second-order valence-corrected chi connectivity index (χ2v) is 9.16. The van der Waals surface area contributed by atoms with E-state index in [1.54, 1.807) is 0 Å². The van der Waals surface area contributed by atoms with Crippen molar-refractivity contribution < 1.29 is 0 Å². The van der Waals surface area contributed by atoms with Crippen LogP contribution in [0, 0.1) is 6.92 Å². The van der Waals surface area contributed by atoms with E-state index in [1.165, 1.54) is 28.1 Å². The molecule has 0 saturated heterocycles. The van der Waals surface area contributed by atoms with Crippen molar-refractivity contribution in [3.63, 3.8) is 0 Å². The van der Waals surface area contributed by atoms with Crippen LogP contribution < -0.4 is 10.6 Å². The summed E-state index contributed by atoms with van der Waals surface area (Å²) in [7, 11) is 0. The van der Waals surface area contributed by atoms with Crippen LogP contribution in [0.3, 0.4) is 0 Å². The average Bonchev–Trinajstić information content (AvgIpc) is 2.81. The number of hydrogen-bond acceptors (Lipinski definition) is 4. The van der Waals surface area contributed by atoms with Crippen LogP contribution in [-0.2, 0) is 0 Å². The fraction of sp³-hybridized carbons (Fsp3) is 0.259. The number of anilines is 2. The van der Waals surface area contributed by atoms with E-state index in [0.29, 0.717) is 17.1 Å². The normalized spacial score (nSPS) is 18.6. The first kappa shape index (κ1) is 20.9. The summed E-state index contributed by atoms with van der Waals surface area (Å²) in [4.78, 5) is 11.3. The van der Waals surface area contributed by atoms with Crippen molar-refractivity contribution in [2.45, 2.75) is 44.7 Å². The fourth-order valence-electron chi connectivity index (χ4n) is 4.84. The molecule has 4 aromatic rings. The standard InChI is InChI=1S/C27H27ClN4/c1-18-14-20(19-8-11-30-12-9-19)16-24(15-18)32(23-5-3-22(29)4-6-23)27-10-13-31-26-17-21(28)2-7-25(26)27/h2,7-17,22-23H,3-6,29H2,1H3. The van der Waals surface area contributed by atoms with Crippen LogP contribution in [0.15, 0.2) is 73.2 Å². The lowest BCUT2D eigenvalue weighted by atomic mass is 9.89. The lowest BCUT2D eigenvalue weighted by Gasteiger charge is -2.38. The highest BCUT2D eigenvalue weighted by molar-refractivity contribution is 6.31. The summed E-state index contributed by atoms with van der Waals surface area (Å²) >= 11 is 6.27. The second kappa shape index (κ2) is 8.89. The molecule has 0 aliphatic heterocycles. The van der Waals surface area contributed by atoms with Gasteiger partial charge in [0.05, 0.1) is 11.2 Å². The Morgan fingerprint density at radius 1 is 0.875 bits per heavy atom. The first-order valence-electron chi connectivity index (χ1n) is 11.2. The number of aryl methyl sites for hydroxylation is 1. The Morgan fingerprint density at radius 2 is 1.66 bits per heavy atom. The number of pyridine rings is 2. The van der Waals surface area contributed by atoms with Gasteiger partial charge in [-0.15, -0.1) is 0 Å². The van der Waals surface area contributed by atoms with E-state index in [4.69, 9.17) is 17.3 Å². The average molecular weight is 443 g/mol. The molecule has 2 heterocycles. The number of fused-ring (bicyclic) bond motifs is 1. The molecular weight excluding hydrogens is 416 g/mol. The third-order valence-corrected chi connectivity index (χ3v) is 6.64. The molecule has 0 spiro atoms. The molecule has 5 heteroatoms. The van der Waals surface area contributed by atoms with Crippen LogP contribution in [0.25, 0.3) is 22.0 Å². The highest BCUT2D eigenvalue weighted by Crippen LogP contribution is 2.39. The first-order chi connectivity index (χ1) is 15.6. The van der Waals surface area contributed by atoms with Crippen LogP contribution in [0.2, 0.25) is 5.02 Å². The zero-order valence-electron chi connectivity index (χ0n) is 18.2. The minimum absolute atomic E-state index is 0.297. The summed E-state index contributed by atoms with van der Waals surface area (Å²) < 4.78 is 0. The first-order valence-corrected chi connectivity index (χ1v) is 11.6. The van der Waals surface area contributed by atoms with Gasteiger partial charge in [-0.3, -0.25) is 9.97 Å². The number of hydrogen-bond donors (Lipinski definition) is 1. The smallest absolute Gasteiger partial charge is 0.0737 e. The Morgan fingerprint density at radius 3 is 2.44 bits per heavy atom. The van der Waals surface area contributed by atoms with Gasteiger partial charge >= 0.3 is 0 Å². The van der Waals surface area contributed by atoms with Gasteiger partial charge in [0.15, 0.2) is 0 Å². The van der Waals surface area contributed by atoms with Gasteiger partial charge in [-0.2, -0.15) is 0 Å². The largest absolute Gasteiger partial charge is 0.338 e. The quantitative estimate of drug-likeness (QED) is 0.383. The van der Waals surface area contributed by atoms with Crippen molar-refractivity contribution in [1.82, 2.24) is 9.97 Å². The van der Waals surface area contributed by atoms with E-state index >= 15 is 0 Å².